The Kier molecular flexibility index (Phi) is 5.64. The first-order valence-electron chi connectivity index (χ1n) is 16.1. The van der Waals surface area contributed by atoms with Gasteiger partial charge in [-0.15, -0.1) is 0 Å². The largest absolute Gasteiger partial charge is 0.454 e. The van der Waals surface area contributed by atoms with E-state index in [4.69, 9.17) is 11.0 Å². The molecule has 0 saturated carbocycles. The minimum absolute atomic E-state index is 0.523. The summed E-state index contributed by atoms with van der Waals surface area (Å²) in [6.45, 7) is 8.18. The number of rotatable bonds is 3. The molecule has 0 bridgehead atoms. The molecule has 0 spiro atoms. The molecule has 10 rings (SSSR count). The molecule has 49 heavy (non-hydrogen) atoms. The lowest BCUT2D eigenvalue weighted by Gasteiger charge is -2.17. The third-order valence-electron chi connectivity index (χ3n) is 9.79. The minimum atomic E-state index is 0.523. The molecule has 0 unspecified atom stereocenters. The molecule has 0 fully saturated rings. The highest BCUT2D eigenvalue weighted by molar-refractivity contribution is 6.21. The first-order chi connectivity index (χ1) is 24.2. The normalized spacial score (nSPS) is 11.6. The van der Waals surface area contributed by atoms with Gasteiger partial charge >= 0.3 is 0 Å². The monoisotopic (exact) mass is 624 g/mol. The summed E-state index contributed by atoms with van der Waals surface area (Å²) in [6.07, 6.45) is 0. The fraction of sp³-hybridized carbons (Fsp3) is 0. The summed E-state index contributed by atoms with van der Waals surface area (Å²) in [7, 11) is 0. The Morgan fingerprint density at radius 2 is 1.18 bits per heavy atom. The zero-order valence-corrected chi connectivity index (χ0v) is 26.1. The molecule has 5 heteroatoms. The van der Waals surface area contributed by atoms with Crippen LogP contribution in [0.2, 0.25) is 0 Å². The molecular weight excluding hydrogens is 601 g/mol. The van der Waals surface area contributed by atoms with Crippen LogP contribution in [0.5, 0.6) is 0 Å². The van der Waals surface area contributed by atoms with Gasteiger partial charge in [-0.2, -0.15) is 5.26 Å². The van der Waals surface area contributed by atoms with Crippen LogP contribution in [-0.4, -0.2) is 9.13 Å². The van der Waals surface area contributed by atoms with E-state index in [9.17, 15) is 5.26 Å². The van der Waals surface area contributed by atoms with Gasteiger partial charge in [0.15, 0.2) is 5.58 Å². The molecule has 7 aromatic carbocycles. The van der Waals surface area contributed by atoms with Gasteiger partial charge in [-0.3, -0.25) is 0 Å². The van der Waals surface area contributed by atoms with Crippen molar-refractivity contribution in [3.05, 3.63) is 163 Å². The van der Waals surface area contributed by atoms with Crippen molar-refractivity contribution in [3.8, 4) is 28.6 Å². The lowest BCUT2D eigenvalue weighted by atomic mass is 9.99. The number of hydrogen-bond donors (Lipinski definition) is 0. The van der Waals surface area contributed by atoms with E-state index in [0.29, 0.717) is 11.3 Å². The Bertz CT molecular complexity index is 3030. The van der Waals surface area contributed by atoms with Crippen LogP contribution in [0.1, 0.15) is 5.56 Å². The zero-order valence-electron chi connectivity index (χ0n) is 26.1. The molecule has 0 aliphatic rings. The third-order valence-corrected chi connectivity index (χ3v) is 9.79. The van der Waals surface area contributed by atoms with Crippen LogP contribution in [0, 0.1) is 17.9 Å². The van der Waals surface area contributed by atoms with Gasteiger partial charge in [-0.05, 0) is 53.6 Å². The molecular formula is C44H24N4O. The first-order valence-corrected chi connectivity index (χ1v) is 16.1. The first kappa shape index (κ1) is 27.1. The van der Waals surface area contributed by atoms with Crippen molar-refractivity contribution < 1.29 is 4.42 Å². The zero-order chi connectivity index (χ0) is 32.6. The number of benzene rings is 7. The van der Waals surface area contributed by atoms with Gasteiger partial charge in [0.25, 0.3) is 0 Å². The van der Waals surface area contributed by atoms with E-state index in [2.05, 4.69) is 80.7 Å². The van der Waals surface area contributed by atoms with Crippen molar-refractivity contribution in [3.63, 3.8) is 0 Å². The van der Waals surface area contributed by atoms with Crippen LogP contribution in [0.25, 0.3) is 92.9 Å². The van der Waals surface area contributed by atoms with Gasteiger partial charge in [0.2, 0.25) is 5.69 Å². The maximum Gasteiger partial charge on any atom is 0.211 e. The summed E-state index contributed by atoms with van der Waals surface area (Å²) >= 11 is 0. The van der Waals surface area contributed by atoms with E-state index < -0.39 is 0 Å². The fourth-order valence-corrected chi connectivity index (χ4v) is 7.72. The molecule has 0 amide bonds. The summed E-state index contributed by atoms with van der Waals surface area (Å²) in [5.41, 5.74) is 9.97. The minimum Gasteiger partial charge on any atom is -0.454 e. The van der Waals surface area contributed by atoms with Crippen LogP contribution < -0.4 is 0 Å². The molecule has 3 heterocycles. The average molecular weight is 625 g/mol. The summed E-state index contributed by atoms with van der Waals surface area (Å²) in [4.78, 5) is 3.99. The Hall–Kier alpha value is -7.08. The number of fused-ring (bicyclic) bond motifs is 10. The van der Waals surface area contributed by atoms with E-state index in [1.807, 2.05) is 84.9 Å². The SMILES string of the molecule is [C-]#[N+]c1cccc(-c2ccc(-n3c4ccccc4c4ccc5c6ccccc6oc5c43)c(C#N)c2)c1-n1c2ccccc2c2ccccc21. The second-order valence-electron chi connectivity index (χ2n) is 12.3. The molecule has 0 atom stereocenters. The van der Waals surface area contributed by atoms with Crippen LogP contribution in [0.15, 0.2) is 150 Å². The van der Waals surface area contributed by atoms with Gasteiger partial charge in [0, 0.05) is 32.3 Å². The highest BCUT2D eigenvalue weighted by Gasteiger charge is 2.22. The van der Waals surface area contributed by atoms with Crippen LogP contribution >= 0.6 is 0 Å². The number of para-hydroxylation sites is 5. The molecule has 5 nitrogen and oxygen atoms in total. The van der Waals surface area contributed by atoms with Crippen molar-refractivity contribution in [1.29, 1.82) is 5.26 Å². The molecule has 226 valence electrons. The van der Waals surface area contributed by atoms with E-state index in [1.165, 1.54) is 0 Å². The Balaban J connectivity index is 1.26. The lowest BCUT2D eigenvalue weighted by Crippen LogP contribution is -2.00. The molecule has 0 aliphatic carbocycles. The Labute approximate surface area is 280 Å². The van der Waals surface area contributed by atoms with Crippen molar-refractivity contribution >= 4 is 71.2 Å². The maximum absolute atomic E-state index is 10.8. The Morgan fingerprint density at radius 3 is 1.88 bits per heavy atom. The lowest BCUT2D eigenvalue weighted by molar-refractivity contribution is 0.671. The number of furan rings is 1. The highest BCUT2D eigenvalue weighted by atomic mass is 16.3. The van der Waals surface area contributed by atoms with E-state index in [-0.39, 0.29) is 0 Å². The number of aromatic nitrogens is 2. The summed E-state index contributed by atoms with van der Waals surface area (Å²) in [5, 5.41) is 17.3. The van der Waals surface area contributed by atoms with Crippen LogP contribution in [0.3, 0.4) is 0 Å². The quantitative estimate of drug-likeness (QED) is 0.184. The van der Waals surface area contributed by atoms with Crippen molar-refractivity contribution in [2.45, 2.75) is 0 Å². The molecule has 0 aliphatic heterocycles. The summed E-state index contributed by atoms with van der Waals surface area (Å²) in [6, 6.07) is 51.7. The second kappa shape index (κ2) is 10.2. The van der Waals surface area contributed by atoms with Gasteiger partial charge in [0.05, 0.1) is 45.6 Å². The topological polar surface area (TPSA) is 51.1 Å². The maximum atomic E-state index is 10.8. The van der Waals surface area contributed by atoms with Gasteiger partial charge in [0.1, 0.15) is 11.7 Å². The van der Waals surface area contributed by atoms with E-state index in [0.717, 1.165) is 88.1 Å². The standard InChI is InChI=1S/C44H24N4O/c1-46-36-16-10-15-29(42(36)48-38-17-6-2-11-30(38)31-12-3-7-18-39(31)48)27-21-24-37(28(25-27)26-45)47-40-19-8-4-13-32(40)34-22-23-35-33-14-5-9-20-41(33)49-44(35)43(34)47/h2-25H. The van der Waals surface area contributed by atoms with E-state index in [1.54, 1.807) is 0 Å². The molecule has 0 N–H and O–H groups in total. The number of nitrogens with zero attached hydrogens (tertiary/aromatic N) is 4. The summed E-state index contributed by atoms with van der Waals surface area (Å²) in [5.74, 6) is 0. The predicted molar refractivity (Wildman–Crippen MR) is 199 cm³/mol. The molecule has 10 aromatic rings. The van der Waals surface area contributed by atoms with Gasteiger partial charge in [-0.1, -0.05) is 103 Å². The molecule has 0 saturated heterocycles. The van der Waals surface area contributed by atoms with Crippen LogP contribution in [0.4, 0.5) is 5.69 Å². The van der Waals surface area contributed by atoms with Crippen molar-refractivity contribution in [2.75, 3.05) is 0 Å². The number of nitriles is 1. The highest BCUT2D eigenvalue weighted by Crippen LogP contribution is 2.43. The van der Waals surface area contributed by atoms with Gasteiger partial charge < -0.3 is 13.6 Å². The van der Waals surface area contributed by atoms with Gasteiger partial charge in [-0.25, -0.2) is 4.85 Å². The van der Waals surface area contributed by atoms with E-state index >= 15 is 0 Å². The fourth-order valence-electron chi connectivity index (χ4n) is 7.72. The van der Waals surface area contributed by atoms with Crippen LogP contribution in [-0.2, 0) is 0 Å². The molecule has 3 aromatic heterocycles. The average Bonchev–Trinajstić information content (AvgIpc) is 3.82. The van der Waals surface area contributed by atoms with Crippen molar-refractivity contribution in [2.24, 2.45) is 0 Å². The number of hydrogen-bond acceptors (Lipinski definition) is 2. The third kappa shape index (κ3) is 3.73. The van der Waals surface area contributed by atoms with Crippen molar-refractivity contribution in [1.82, 2.24) is 9.13 Å². The molecule has 0 radical (unpaired) electrons. The Morgan fingerprint density at radius 1 is 0.571 bits per heavy atom. The summed E-state index contributed by atoms with van der Waals surface area (Å²) < 4.78 is 10.9. The second-order valence-corrected chi connectivity index (χ2v) is 12.3. The predicted octanol–water partition coefficient (Wildman–Crippen LogP) is 11.9. The smallest absolute Gasteiger partial charge is 0.211 e.